The molecule has 0 unspecified atom stereocenters. The van der Waals surface area contributed by atoms with E-state index in [4.69, 9.17) is 4.99 Å². The summed E-state index contributed by atoms with van der Waals surface area (Å²) in [5.41, 5.74) is 4.33. The van der Waals surface area contributed by atoms with Crippen LogP contribution in [-0.4, -0.2) is 41.0 Å². The van der Waals surface area contributed by atoms with Gasteiger partial charge in [0, 0.05) is 36.8 Å². The number of phenols is 1. The third kappa shape index (κ3) is 3.78. The molecule has 4 nitrogen and oxygen atoms in total. The van der Waals surface area contributed by atoms with Gasteiger partial charge in [-0.2, -0.15) is 0 Å². The van der Waals surface area contributed by atoms with Crippen molar-refractivity contribution in [3.8, 4) is 5.75 Å². The predicted octanol–water partition coefficient (Wildman–Crippen LogP) is 4.04. The summed E-state index contributed by atoms with van der Waals surface area (Å²) in [7, 11) is 0. The zero-order valence-corrected chi connectivity index (χ0v) is 16.3. The van der Waals surface area contributed by atoms with Crippen molar-refractivity contribution in [2.75, 3.05) is 19.6 Å². The number of hydrogen-bond donors (Lipinski definition) is 2. The Morgan fingerprint density at radius 3 is 2.48 bits per heavy atom. The van der Waals surface area contributed by atoms with E-state index in [1.54, 1.807) is 6.07 Å². The van der Waals surface area contributed by atoms with Gasteiger partial charge in [0.1, 0.15) is 11.4 Å². The molecule has 0 radical (unpaired) electrons. The molecule has 4 rings (SSSR count). The zero-order chi connectivity index (χ0) is 18.9. The highest BCUT2D eigenvalue weighted by molar-refractivity contribution is 6.01. The number of para-hydroxylation sites is 1. The fourth-order valence-electron chi connectivity index (χ4n) is 4.30. The molecule has 142 valence electrons. The van der Waals surface area contributed by atoms with E-state index in [1.807, 2.05) is 18.2 Å². The minimum absolute atomic E-state index is 0.0770. The van der Waals surface area contributed by atoms with Crippen LogP contribution in [0.4, 0.5) is 0 Å². The molecule has 1 fully saturated rings. The first-order valence-electron chi connectivity index (χ1n) is 10.0. The lowest BCUT2D eigenvalue weighted by Crippen LogP contribution is -2.56. The molecular formula is C23H29N3O. The van der Waals surface area contributed by atoms with E-state index in [9.17, 15) is 5.11 Å². The van der Waals surface area contributed by atoms with Gasteiger partial charge in [-0.3, -0.25) is 10.3 Å². The second-order valence-corrected chi connectivity index (χ2v) is 7.85. The molecule has 0 aliphatic carbocycles. The number of nitrogens with zero attached hydrogens (tertiary/aromatic N) is 2. The highest BCUT2D eigenvalue weighted by Crippen LogP contribution is 2.37. The van der Waals surface area contributed by atoms with Crippen molar-refractivity contribution in [1.82, 2.24) is 10.2 Å². The molecule has 0 amide bonds. The van der Waals surface area contributed by atoms with Gasteiger partial charge >= 0.3 is 0 Å². The summed E-state index contributed by atoms with van der Waals surface area (Å²) in [5.74, 6) is 0.362. The van der Waals surface area contributed by atoms with Crippen molar-refractivity contribution < 1.29 is 5.11 Å². The minimum atomic E-state index is -0.239. The van der Waals surface area contributed by atoms with E-state index in [2.05, 4.69) is 48.3 Å². The maximum Gasteiger partial charge on any atom is 0.120 e. The summed E-state index contributed by atoms with van der Waals surface area (Å²) in [6.07, 6.45) is 2.79. The van der Waals surface area contributed by atoms with Crippen LogP contribution in [0, 0.1) is 6.92 Å². The molecule has 2 heterocycles. The third-order valence-electron chi connectivity index (χ3n) is 6.02. The largest absolute Gasteiger partial charge is 0.508 e. The van der Waals surface area contributed by atoms with Crippen LogP contribution < -0.4 is 5.32 Å². The Hall–Kier alpha value is -2.17. The van der Waals surface area contributed by atoms with Crippen molar-refractivity contribution in [3.63, 3.8) is 0 Å². The monoisotopic (exact) mass is 363 g/mol. The molecule has 2 aromatic carbocycles. The molecule has 2 N–H and O–H groups in total. The Bertz CT molecular complexity index is 820. The van der Waals surface area contributed by atoms with Gasteiger partial charge < -0.3 is 10.0 Å². The number of nitrogens with one attached hydrogen (secondary N) is 1. The highest BCUT2D eigenvalue weighted by Gasteiger charge is 2.40. The summed E-state index contributed by atoms with van der Waals surface area (Å²) in [5, 5.41) is 14.2. The number of aromatic hydroxyl groups is 1. The Balaban J connectivity index is 1.70. The number of benzene rings is 2. The number of aryl methyl sites for hydroxylation is 1. The van der Waals surface area contributed by atoms with Crippen LogP contribution in [0.3, 0.4) is 0 Å². The van der Waals surface area contributed by atoms with Gasteiger partial charge in [0.2, 0.25) is 0 Å². The number of likely N-dealkylation sites (tertiary alicyclic amines) is 1. The summed E-state index contributed by atoms with van der Waals surface area (Å²) in [6, 6.07) is 16.4. The molecule has 27 heavy (non-hydrogen) atoms. The molecule has 1 spiro atoms. The first-order chi connectivity index (χ1) is 13.1. The van der Waals surface area contributed by atoms with Gasteiger partial charge in [0.05, 0.1) is 0 Å². The number of phenolic OH excluding ortho intramolecular Hbond substituents is 1. The van der Waals surface area contributed by atoms with E-state index in [1.165, 1.54) is 11.1 Å². The molecule has 2 aliphatic rings. The fourth-order valence-corrected chi connectivity index (χ4v) is 4.30. The smallest absolute Gasteiger partial charge is 0.120 e. The molecular weight excluding hydrogens is 334 g/mol. The van der Waals surface area contributed by atoms with E-state index in [0.29, 0.717) is 5.75 Å². The lowest BCUT2D eigenvalue weighted by Gasteiger charge is -2.45. The Kier molecular flexibility index (Phi) is 5.02. The van der Waals surface area contributed by atoms with Gasteiger partial charge in [0.15, 0.2) is 0 Å². The number of aliphatic imine (C=N–C) groups is 1. The molecule has 1 saturated heterocycles. The number of rotatable bonds is 3. The second-order valence-electron chi connectivity index (χ2n) is 7.85. The van der Waals surface area contributed by atoms with Crippen LogP contribution in [0.15, 0.2) is 53.5 Å². The second kappa shape index (κ2) is 7.45. The van der Waals surface area contributed by atoms with E-state index >= 15 is 0 Å². The molecule has 4 heteroatoms. The van der Waals surface area contributed by atoms with Crippen LogP contribution in [0.5, 0.6) is 5.75 Å². The maximum absolute atomic E-state index is 10.4. The first kappa shape index (κ1) is 18.2. The number of piperidine rings is 1. The molecule has 2 aliphatic heterocycles. The summed E-state index contributed by atoms with van der Waals surface area (Å²) in [4.78, 5) is 7.73. The molecule has 1 atom stereocenters. The molecule has 0 saturated carbocycles. The minimum Gasteiger partial charge on any atom is -0.508 e. The quantitative estimate of drug-likeness (QED) is 0.865. The predicted molar refractivity (Wildman–Crippen MR) is 110 cm³/mol. The van der Waals surface area contributed by atoms with Crippen LogP contribution in [0.1, 0.15) is 48.9 Å². The van der Waals surface area contributed by atoms with Gasteiger partial charge in [0.25, 0.3) is 0 Å². The maximum atomic E-state index is 10.4. The molecule has 0 bridgehead atoms. The van der Waals surface area contributed by atoms with Crippen LogP contribution in [0.25, 0.3) is 0 Å². The fraction of sp³-hybridized carbons (Fsp3) is 0.435. The Labute approximate surface area is 161 Å². The lowest BCUT2D eigenvalue weighted by molar-refractivity contribution is 0.129. The average molecular weight is 364 g/mol. The van der Waals surface area contributed by atoms with E-state index in [0.717, 1.165) is 50.2 Å². The normalized spacial score (nSPS) is 22.6. The highest BCUT2D eigenvalue weighted by atomic mass is 16.3. The van der Waals surface area contributed by atoms with Crippen molar-refractivity contribution in [2.24, 2.45) is 4.99 Å². The van der Waals surface area contributed by atoms with Gasteiger partial charge in [-0.25, -0.2) is 0 Å². The van der Waals surface area contributed by atoms with Crippen LogP contribution in [0.2, 0.25) is 0 Å². The topological polar surface area (TPSA) is 47.9 Å². The van der Waals surface area contributed by atoms with Gasteiger partial charge in [-0.05, 0) is 37.9 Å². The molecule has 0 aromatic heterocycles. The zero-order valence-electron chi connectivity index (χ0n) is 16.3. The summed E-state index contributed by atoms with van der Waals surface area (Å²) in [6.45, 7) is 7.54. The third-order valence-corrected chi connectivity index (χ3v) is 6.02. The van der Waals surface area contributed by atoms with E-state index in [-0.39, 0.29) is 11.7 Å². The lowest BCUT2D eigenvalue weighted by atomic mass is 9.87. The van der Waals surface area contributed by atoms with Crippen LogP contribution >= 0.6 is 0 Å². The number of hydrogen-bond acceptors (Lipinski definition) is 4. The van der Waals surface area contributed by atoms with Gasteiger partial charge in [-0.1, -0.05) is 55.0 Å². The van der Waals surface area contributed by atoms with Crippen molar-refractivity contribution in [1.29, 1.82) is 0 Å². The average Bonchev–Trinajstić information content (AvgIpc) is 2.69. The molecule has 2 aromatic rings. The SMILES string of the molecule is CCN1CCC2(CC1)N=C(c1ccc(C)cc1)C[C@@H](c1ccccc1O)N2. The van der Waals surface area contributed by atoms with Crippen LogP contribution in [-0.2, 0) is 0 Å². The van der Waals surface area contributed by atoms with E-state index < -0.39 is 0 Å². The standard InChI is InChI=1S/C23H29N3O/c1-3-26-14-12-23(13-15-26)24-20(18-10-8-17(2)9-11-18)16-21(25-23)19-6-4-5-7-22(19)27/h4-11,21,25,27H,3,12-16H2,1-2H3/t21-/m0/s1. The van der Waals surface area contributed by atoms with Gasteiger partial charge in [-0.15, -0.1) is 0 Å². The first-order valence-corrected chi connectivity index (χ1v) is 10.0. The van der Waals surface area contributed by atoms with Crippen molar-refractivity contribution in [2.45, 2.75) is 44.8 Å². The summed E-state index contributed by atoms with van der Waals surface area (Å²) < 4.78 is 0. The van der Waals surface area contributed by atoms with Crippen molar-refractivity contribution >= 4 is 5.71 Å². The van der Waals surface area contributed by atoms with Crippen molar-refractivity contribution in [3.05, 3.63) is 65.2 Å². The Morgan fingerprint density at radius 2 is 1.81 bits per heavy atom. The Morgan fingerprint density at radius 1 is 1.11 bits per heavy atom. The summed E-state index contributed by atoms with van der Waals surface area (Å²) >= 11 is 0.